The maximum absolute atomic E-state index is 13.0. The van der Waals surface area contributed by atoms with Crippen molar-refractivity contribution in [2.75, 3.05) is 5.32 Å². The highest BCUT2D eigenvalue weighted by Crippen LogP contribution is 2.64. The summed E-state index contributed by atoms with van der Waals surface area (Å²) in [6, 6.07) is 13.8. The Morgan fingerprint density at radius 2 is 1.93 bits per heavy atom. The first-order valence-electron chi connectivity index (χ1n) is 10.5. The lowest BCUT2D eigenvalue weighted by atomic mass is 9.77. The van der Waals surface area contributed by atoms with Crippen molar-refractivity contribution in [1.82, 2.24) is 4.57 Å². The third-order valence-electron chi connectivity index (χ3n) is 6.90. The molecule has 30 heavy (non-hydrogen) atoms. The summed E-state index contributed by atoms with van der Waals surface area (Å²) in [5, 5.41) is 6.68. The summed E-state index contributed by atoms with van der Waals surface area (Å²) < 4.78 is 1.73. The van der Waals surface area contributed by atoms with Crippen molar-refractivity contribution in [3.05, 3.63) is 67.3 Å². The van der Waals surface area contributed by atoms with Crippen molar-refractivity contribution in [1.29, 1.82) is 0 Å². The molecule has 2 aliphatic carbocycles. The predicted octanol–water partition coefficient (Wildman–Crippen LogP) is 5.26. The number of thiazole rings is 1. The average Bonchev–Trinajstić information content (AvgIpc) is 3.53. The third-order valence-corrected chi connectivity index (χ3v) is 10.7. The minimum atomic E-state index is -0.146. The number of hydrogen-bond donors (Lipinski definition) is 1. The monoisotopic (exact) mass is 454 g/mol. The van der Waals surface area contributed by atoms with Crippen LogP contribution in [0.3, 0.4) is 0 Å². The van der Waals surface area contributed by atoms with E-state index >= 15 is 0 Å². The molecule has 4 nitrogen and oxygen atoms in total. The van der Waals surface area contributed by atoms with Gasteiger partial charge in [0.15, 0.2) is 0 Å². The minimum Gasteiger partial charge on any atom is -0.325 e. The van der Waals surface area contributed by atoms with Gasteiger partial charge < -0.3 is 5.32 Å². The first-order valence-corrected chi connectivity index (χ1v) is 13.0. The second-order valence-corrected chi connectivity index (χ2v) is 11.7. The number of anilines is 1. The van der Waals surface area contributed by atoms with Crippen LogP contribution in [0, 0.1) is 17.8 Å². The number of thiophene rings is 1. The molecule has 154 valence electrons. The Hall–Kier alpha value is -1.83. The number of hydrogen-bond acceptors (Lipinski definition) is 5. The van der Waals surface area contributed by atoms with Crippen LogP contribution in [-0.2, 0) is 11.3 Å². The number of thioether (sulfide) groups is 1. The van der Waals surface area contributed by atoms with Crippen molar-refractivity contribution in [3.8, 4) is 0 Å². The number of carbonyl (C=O) groups is 1. The van der Waals surface area contributed by atoms with Crippen molar-refractivity contribution in [3.63, 3.8) is 0 Å². The first-order chi connectivity index (χ1) is 14.7. The maximum Gasteiger partial charge on any atom is 0.308 e. The molecule has 1 N–H and O–H groups in total. The maximum atomic E-state index is 13.0. The third kappa shape index (κ3) is 3.01. The molecule has 3 aromatic rings. The fourth-order valence-corrected chi connectivity index (χ4v) is 9.85. The largest absolute Gasteiger partial charge is 0.325 e. The highest BCUT2D eigenvalue weighted by atomic mass is 32.2. The fourth-order valence-electron chi connectivity index (χ4n) is 5.74. The van der Waals surface area contributed by atoms with Crippen molar-refractivity contribution < 1.29 is 4.79 Å². The van der Waals surface area contributed by atoms with E-state index in [1.54, 1.807) is 15.9 Å². The van der Waals surface area contributed by atoms with Crippen LogP contribution in [0.5, 0.6) is 0 Å². The van der Waals surface area contributed by atoms with Gasteiger partial charge >= 0.3 is 4.87 Å². The van der Waals surface area contributed by atoms with E-state index < -0.39 is 0 Å². The van der Waals surface area contributed by atoms with E-state index in [1.165, 1.54) is 40.4 Å². The van der Waals surface area contributed by atoms with E-state index in [0.717, 1.165) is 22.5 Å². The van der Waals surface area contributed by atoms with Crippen molar-refractivity contribution >= 4 is 46.0 Å². The second kappa shape index (κ2) is 7.39. The Bertz CT molecular complexity index is 1140. The van der Waals surface area contributed by atoms with E-state index in [2.05, 4.69) is 22.8 Å². The topological polar surface area (TPSA) is 51.1 Å². The van der Waals surface area contributed by atoms with Gasteiger partial charge in [0.05, 0.1) is 5.03 Å². The zero-order valence-electron chi connectivity index (χ0n) is 16.3. The molecule has 1 aliphatic heterocycles. The lowest BCUT2D eigenvalue weighted by Crippen LogP contribution is -2.34. The highest BCUT2D eigenvalue weighted by Gasteiger charge is 2.55. The molecular weight excluding hydrogens is 432 g/mol. The number of rotatable bonds is 4. The van der Waals surface area contributed by atoms with Crippen LogP contribution < -0.4 is 10.2 Å². The summed E-state index contributed by atoms with van der Waals surface area (Å²) in [6.07, 6.45) is 3.98. The molecule has 2 saturated carbocycles. The van der Waals surface area contributed by atoms with Crippen LogP contribution in [0.15, 0.2) is 57.7 Å². The molecule has 2 aromatic heterocycles. The zero-order chi connectivity index (χ0) is 20.2. The summed E-state index contributed by atoms with van der Waals surface area (Å²) in [6.45, 7) is 0.0786. The number of aromatic nitrogens is 1. The number of carbonyl (C=O) groups excluding carboxylic acids is 1. The molecule has 0 radical (unpaired) electrons. The number of nitrogens with one attached hydrogen (secondary N) is 1. The number of benzene rings is 1. The van der Waals surface area contributed by atoms with Crippen LogP contribution in [0.4, 0.5) is 5.69 Å². The number of fused-ring (bicyclic) bond motifs is 6. The molecule has 1 amide bonds. The Kier molecular flexibility index (Phi) is 4.66. The lowest BCUT2D eigenvalue weighted by Gasteiger charge is -2.40. The van der Waals surface area contributed by atoms with Gasteiger partial charge in [0.2, 0.25) is 5.91 Å². The van der Waals surface area contributed by atoms with Crippen LogP contribution >= 0.6 is 34.4 Å². The molecule has 4 unspecified atom stereocenters. The lowest BCUT2D eigenvalue weighted by molar-refractivity contribution is -0.116. The molecule has 3 aliphatic rings. The molecule has 0 spiro atoms. The molecule has 5 atom stereocenters. The summed E-state index contributed by atoms with van der Waals surface area (Å²) in [5.41, 5.74) is 0.761. The normalized spacial score (nSPS) is 28.9. The quantitative estimate of drug-likeness (QED) is 0.585. The average molecular weight is 455 g/mol. The minimum absolute atomic E-state index is 0.00964. The fraction of sp³-hybridized carbons (Fsp3) is 0.391. The predicted molar refractivity (Wildman–Crippen MR) is 124 cm³/mol. The van der Waals surface area contributed by atoms with Crippen molar-refractivity contribution in [2.24, 2.45) is 17.8 Å². The van der Waals surface area contributed by atoms with Gasteiger partial charge in [0, 0.05) is 26.6 Å². The van der Waals surface area contributed by atoms with Crippen LogP contribution in [-0.4, -0.2) is 15.7 Å². The molecule has 6 rings (SSSR count). The molecule has 2 fully saturated rings. The second-order valence-electron chi connectivity index (χ2n) is 8.52. The van der Waals surface area contributed by atoms with Crippen LogP contribution in [0.1, 0.15) is 34.9 Å². The number of amides is 1. The van der Waals surface area contributed by atoms with Gasteiger partial charge in [-0.1, -0.05) is 35.6 Å². The smallest absolute Gasteiger partial charge is 0.308 e. The van der Waals surface area contributed by atoms with Gasteiger partial charge in [-0.2, -0.15) is 0 Å². The first kappa shape index (κ1) is 18.9. The summed E-state index contributed by atoms with van der Waals surface area (Å²) in [7, 11) is 0. The standard InChI is InChI=1S/C23H22N2O2S3/c26-17(24-15-5-2-1-3-6-15)12-25-22-21(30-23(25)27)19(16-7-4-10-28-16)18-13-8-9-14(11-13)20(18)29-22/h1-7,10,13-14,18-20H,8-9,11-12H2,(H,24,26)/t13?,14?,18?,19-,20?/m1/s1. The Morgan fingerprint density at radius 3 is 2.73 bits per heavy atom. The van der Waals surface area contributed by atoms with E-state index in [9.17, 15) is 9.59 Å². The van der Waals surface area contributed by atoms with Gasteiger partial charge in [-0.05, 0) is 60.6 Å². The van der Waals surface area contributed by atoms with E-state index in [0.29, 0.717) is 17.1 Å². The SMILES string of the molecule is O=C(Cn1c2c(sc1=O)[C@H](c1cccs1)C1C3CCC(C3)C1S2)Nc1ccccc1. The highest BCUT2D eigenvalue weighted by molar-refractivity contribution is 8.00. The van der Waals surface area contributed by atoms with E-state index in [-0.39, 0.29) is 17.3 Å². The number of para-hydroxylation sites is 1. The summed E-state index contributed by atoms with van der Waals surface area (Å²) in [5.74, 6) is 2.33. The van der Waals surface area contributed by atoms with Gasteiger partial charge in [-0.15, -0.1) is 23.1 Å². The van der Waals surface area contributed by atoms with Crippen LogP contribution in [0.25, 0.3) is 0 Å². The zero-order valence-corrected chi connectivity index (χ0v) is 18.8. The van der Waals surface area contributed by atoms with Gasteiger partial charge in [-0.3, -0.25) is 14.2 Å². The summed E-state index contributed by atoms with van der Waals surface area (Å²) in [4.78, 5) is 28.3. The number of nitrogens with zero attached hydrogens (tertiary/aromatic N) is 1. The van der Waals surface area contributed by atoms with Gasteiger partial charge in [0.25, 0.3) is 0 Å². The Labute approximate surface area is 187 Å². The van der Waals surface area contributed by atoms with Gasteiger partial charge in [-0.25, -0.2) is 0 Å². The van der Waals surface area contributed by atoms with Crippen molar-refractivity contribution in [2.45, 2.75) is 42.0 Å². The molecule has 3 heterocycles. The summed E-state index contributed by atoms with van der Waals surface area (Å²) >= 11 is 5.05. The molecule has 1 aromatic carbocycles. The van der Waals surface area contributed by atoms with E-state index in [4.69, 9.17) is 0 Å². The molecular formula is C23H22N2O2S3. The molecule has 7 heteroatoms. The van der Waals surface area contributed by atoms with E-state index in [1.807, 2.05) is 42.1 Å². The Balaban J connectivity index is 1.37. The Morgan fingerprint density at radius 1 is 1.10 bits per heavy atom. The van der Waals surface area contributed by atoms with Crippen LogP contribution in [0.2, 0.25) is 0 Å². The molecule has 2 bridgehead atoms. The molecule has 0 saturated heterocycles. The van der Waals surface area contributed by atoms with Gasteiger partial charge in [0.1, 0.15) is 6.54 Å².